The smallest absolute Gasteiger partial charge is 0.236 e. The molecule has 3 rings (SSSR count). The molecule has 2 aliphatic rings. The molecule has 0 spiro atoms. The third kappa shape index (κ3) is 5.75. The highest BCUT2D eigenvalue weighted by Crippen LogP contribution is 2.24. The molecule has 0 aliphatic carbocycles. The van der Waals surface area contributed by atoms with Crippen molar-refractivity contribution in [2.45, 2.75) is 38.3 Å². The van der Waals surface area contributed by atoms with Gasteiger partial charge in [-0.05, 0) is 44.4 Å². The van der Waals surface area contributed by atoms with Gasteiger partial charge in [-0.25, -0.2) is 0 Å². The molecule has 7 heteroatoms. The zero-order valence-electron chi connectivity index (χ0n) is 17.1. The van der Waals surface area contributed by atoms with Crippen LogP contribution in [0, 0.1) is 5.92 Å². The summed E-state index contributed by atoms with van der Waals surface area (Å²) in [6.45, 7) is 4.84. The molecule has 2 fully saturated rings. The molecule has 28 heavy (non-hydrogen) atoms. The maximum absolute atomic E-state index is 12.6. The number of rotatable bonds is 6. The van der Waals surface area contributed by atoms with E-state index in [0.29, 0.717) is 19.1 Å². The molecule has 7 nitrogen and oxygen atoms in total. The highest BCUT2D eigenvalue weighted by molar-refractivity contribution is 5.79. The predicted molar refractivity (Wildman–Crippen MR) is 109 cm³/mol. The molecule has 2 amide bonds. The quantitative estimate of drug-likeness (QED) is 0.788. The average molecular weight is 388 g/mol. The molecule has 154 valence electrons. The van der Waals surface area contributed by atoms with Crippen LogP contribution in [-0.4, -0.2) is 84.4 Å². The van der Waals surface area contributed by atoms with Crippen LogP contribution in [0.4, 0.5) is 0 Å². The lowest BCUT2D eigenvalue weighted by Crippen LogP contribution is -2.51. The molecule has 2 aliphatic heterocycles. The first-order chi connectivity index (χ1) is 13.5. The molecule has 1 aromatic rings. The number of aromatic nitrogens is 1. The Bertz CT molecular complexity index is 643. The number of pyridine rings is 1. The van der Waals surface area contributed by atoms with Crippen molar-refractivity contribution >= 4 is 11.8 Å². The van der Waals surface area contributed by atoms with E-state index in [1.54, 1.807) is 11.1 Å². The van der Waals surface area contributed by atoms with E-state index >= 15 is 0 Å². The average Bonchev–Trinajstić information content (AvgIpc) is 2.73. The second-order valence-corrected chi connectivity index (χ2v) is 8.17. The molecule has 3 heterocycles. The number of carbonyl (C=O) groups is 2. The molecule has 0 saturated carbocycles. The van der Waals surface area contributed by atoms with Gasteiger partial charge in [-0.2, -0.15) is 0 Å². The molecule has 1 atom stereocenters. The Morgan fingerprint density at radius 2 is 1.96 bits per heavy atom. The van der Waals surface area contributed by atoms with Gasteiger partial charge < -0.3 is 10.2 Å². The van der Waals surface area contributed by atoms with E-state index in [2.05, 4.69) is 20.1 Å². The lowest BCUT2D eigenvalue weighted by Gasteiger charge is -2.42. The Kier molecular flexibility index (Phi) is 7.39. The highest BCUT2D eigenvalue weighted by Gasteiger charge is 2.32. The number of carbonyl (C=O) groups excluding carboxylic acids is 2. The molecule has 0 aromatic carbocycles. The maximum Gasteiger partial charge on any atom is 0.236 e. The van der Waals surface area contributed by atoms with E-state index in [1.165, 1.54) is 0 Å². The minimum Gasteiger partial charge on any atom is -0.350 e. The van der Waals surface area contributed by atoms with Gasteiger partial charge in [0.15, 0.2) is 0 Å². The van der Waals surface area contributed by atoms with Gasteiger partial charge in [0, 0.05) is 46.0 Å². The number of piperidine rings is 2. The minimum absolute atomic E-state index is 0.0609. The van der Waals surface area contributed by atoms with Gasteiger partial charge in [0.1, 0.15) is 0 Å². The summed E-state index contributed by atoms with van der Waals surface area (Å²) < 4.78 is 0. The standard InChI is InChI=1S/C21H33N5O2/c1-24(2)20(27)16-25-12-8-19(9-13-25)26-11-5-6-17(15-26)21(28)23-14-18-7-3-4-10-22-18/h3-4,7,10,17,19H,5-6,8-9,11-16H2,1-2H3,(H,23,28)/t17-/m1/s1. The second kappa shape index (κ2) is 9.98. The Balaban J connectivity index is 1.43. The van der Waals surface area contributed by atoms with E-state index in [4.69, 9.17) is 0 Å². The number of hydrogen-bond acceptors (Lipinski definition) is 5. The van der Waals surface area contributed by atoms with Crippen LogP contribution in [0.3, 0.4) is 0 Å². The van der Waals surface area contributed by atoms with E-state index < -0.39 is 0 Å². The SMILES string of the molecule is CN(C)C(=O)CN1CCC(N2CCC[C@@H](C(=O)NCc3ccccn3)C2)CC1. The van der Waals surface area contributed by atoms with Crippen LogP contribution in [-0.2, 0) is 16.1 Å². The summed E-state index contributed by atoms with van der Waals surface area (Å²) >= 11 is 0. The summed E-state index contributed by atoms with van der Waals surface area (Å²) in [5, 5.41) is 3.05. The van der Waals surface area contributed by atoms with E-state index in [1.807, 2.05) is 32.3 Å². The van der Waals surface area contributed by atoms with Gasteiger partial charge >= 0.3 is 0 Å². The van der Waals surface area contributed by atoms with Gasteiger partial charge in [0.2, 0.25) is 11.8 Å². The first kappa shape index (κ1) is 20.7. The van der Waals surface area contributed by atoms with Crippen molar-refractivity contribution in [2.24, 2.45) is 5.92 Å². The van der Waals surface area contributed by atoms with Crippen molar-refractivity contribution < 1.29 is 9.59 Å². The van der Waals surface area contributed by atoms with Crippen molar-refractivity contribution in [3.63, 3.8) is 0 Å². The third-order valence-corrected chi connectivity index (χ3v) is 5.92. The van der Waals surface area contributed by atoms with Crippen LogP contribution >= 0.6 is 0 Å². The number of nitrogens with one attached hydrogen (secondary N) is 1. The Labute approximate surface area is 168 Å². The van der Waals surface area contributed by atoms with Gasteiger partial charge in [-0.15, -0.1) is 0 Å². The molecular formula is C21H33N5O2. The van der Waals surface area contributed by atoms with Crippen molar-refractivity contribution in [3.05, 3.63) is 30.1 Å². The Morgan fingerprint density at radius 3 is 2.64 bits per heavy atom. The van der Waals surface area contributed by atoms with Gasteiger partial charge in [-0.1, -0.05) is 6.07 Å². The van der Waals surface area contributed by atoms with E-state index in [9.17, 15) is 9.59 Å². The monoisotopic (exact) mass is 387 g/mol. The molecule has 1 aromatic heterocycles. The fourth-order valence-electron chi connectivity index (χ4n) is 4.15. The minimum atomic E-state index is 0.0609. The summed E-state index contributed by atoms with van der Waals surface area (Å²) in [6.07, 6.45) is 5.93. The zero-order chi connectivity index (χ0) is 19.9. The van der Waals surface area contributed by atoms with Crippen molar-refractivity contribution in [3.8, 4) is 0 Å². The van der Waals surface area contributed by atoms with Crippen LogP contribution < -0.4 is 5.32 Å². The molecule has 0 radical (unpaired) electrons. The van der Waals surface area contributed by atoms with E-state index in [-0.39, 0.29) is 17.7 Å². The molecule has 0 unspecified atom stereocenters. The predicted octanol–water partition coefficient (Wildman–Crippen LogP) is 0.962. The summed E-state index contributed by atoms with van der Waals surface area (Å²) in [5.41, 5.74) is 0.892. The van der Waals surface area contributed by atoms with Gasteiger partial charge in [0.05, 0.1) is 24.7 Å². The molecule has 1 N–H and O–H groups in total. The normalized spacial score (nSPS) is 22.0. The number of nitrogens with zero attached hydrogens (tertiary/aromatic N) is 4. The van der Waals surface area contributed by atoms with Crippen molar-refractivity contribution in [1.29, 1.82) is 0 Å². The Morgan fingerprint density at radius 1 is 1.18 bits per heavy atom. The Hall–Kier alpha value is -1.99. The lowest BCUT2D eigenvalue weighted by atomic mass is 9.93. The molecule has 0 bridgehead atoms. The largest absolute Gasteiger partial charge is 0.350 e. The van der Waals surface area contributed by atoms with Gasteiger partial charge in [0.25, 0.3) is 0 Å². The second-order valence-electron chi connectivity index (χ2n) is 8.17. The first-order valence-corrected chi connectivity index (χ1v) is 10.4. The third-order valence-electron chi connectivity index (χ3n) is 5.92. The van der Waals surface area contributed by atoms with Crippen LogP contribution in [0.2, 0.25) is 0 Å². The summed E-state index contributed by atoms with van der Waals surface area (Å²) in [5.74, 6) is 0.372. The number of likely N-dealkylation sites (tertiary alicyclic amines) is 2. The number of hydrogen-bond donors (Lipinski definition) is 1. The lowest BCUT2D eigenvalue weighted by molar-refractivity contribution is -0.131. The molecule has 2 saturated heterocycles. The van der Waals surface area contributed by atoms with Gasteiger partial charge in [-0.3, -0.25) is 24.4 Å². The highest BCUT2D eigenvalue weighted by atomic mass is 16.2. The fraction of sp³-hybridized carbons (Fsp3) is 0.667. The van der Waals surface area contributed by atoms with Crippen LogP contribution in [0.5, 0.6) is 0 Å². The molecular weight excluding hydrogens is 354 g/mol. The maximum atomic E-state index is 12.6. The first-order valence-electron chi connectivity index (χ1n) is 10.4. The van der Waals surface area contributed by atoms with Crippen molar-refractivity contribution in [1.82, 2.24) is 25.0 Å². The fourth-order valence-corrected chi connectivity index (χ4v) is 4.15. The van der Waals surface area contributed by atoms with Crippen molar-refractivity contribution in [2.75, 3.05) is 46.8 Å². The number of likely N-dealkylation sites (N-methyl/N-ethyl adjacent to an activating group) is 1. The van der Waals surface area contributed by atoms with Crippen LogP contribution in [0.1, 0.15) is 31.4 Å². The summed E-state index contributed by atoms with van der Waals surface area (Å²) in [4.78, 5) is 35.2. The van der Waals surface area contributed by atoms with E-state index in [0.717, 1.165) is 57.6 Å². The zero-order valence-corrected chi connectivity index (χ0v) is 17.1. The number of amides is 2. The topological polar surface area (TPSA) is 68.8 Å². The summed E-state index contributed by atoms with van der Waals surface area (Å²) in [7, 11) is 3.61. The van der Waals surface area contributed by atoms with Crippen LogP contribution in [0.15, 0.2) is 24.4 Å². The van der Waals surface area contributed by atoms with Crippen LogP contribution in [0.25, 0.3) is 0 Å². The summed E-state index contributed by atoms with van der Waals surface area (Å²) in [6, 6.07) is 6.28.